The maximum atomic E-state index is 13.6. The number of ketones is 1. The molecule has 3 aliphatic rings. The van der Waals surface area contributed by atoms with Crippen LogP contribution in [0.4, 0.5) is 0 Å². The van der Waals surface area contributed by atoms with E-state index in [2.05, 4.69) is 13.5 Å². The van der Waals surface area contributed by atoms with Crippen molar-refractivity contribution in [2.24, 2.45) is 23.7 Å². The molecule has 9 nitrogen and oxygen atoms in total. The zero-order chi connectivity index (χ0) is 34.8. The van der Waals surface area contributed by atoms with Crippen LogP contribution in [0.15, 0.2) is 84.0 Å². The number of ether oxygens (including phenoxy) is 5. The number of carbonyl (C=O) groups excluding carboxylic acids is 2. The summed E-state index contributed by atoms with van der Waals surface area (Å²) in [4.78, 5) is 26.7. The van der Waals surface area contributed by atoms with E-state index in [0.29, 0.717) is 34.6 Å². The van der Waals surface area contributed by atoms with Gasteiger partial charge in [-0.1, -0.05) is 67.6 Å². The van der Waals surface area contributed by atoms with Crippen LogP contribution in [0.25, 0.3) is 0 Å². The standard InChI is InChI=1S/C39H48O9/c1-23(2)33-16-24(3)36-30(26(5)47-39(43,48-33)21-27-11-9-8-10-12-27)17-29(20-38(42)31(36)15-25(4)37(38)41)22-46-35(40)19-28-13-14-32(44-6)34(18-28)45-7/h8-15,17-18,24,26,30-31,33,36,42-43H,1,16,19-22H2,2-7H3/t24?,26?,30?,31?,33?,36?,38?,39-/m1/s1. The van der Waals surface area contributed by atoms with E-state index in [4.69, 9.17) is 23.7 Å². The van der Waals surface area contributed by atoms with Crippen LogP contribution in [0.5, 0.6) is 11.5 Å². The number of fused-ring (bicyclic) bond motifs is 3. The van der Waals surface area contributed by atoms with Crippen molar-refractivity contribution in [3.8, 4) is 11.5 Å². The molecule has 1 saturated heterocycles. The van der Waals surface area contributed by atoms with E-state index in [-0.39, 0.29) is 49.4 Å². The third kappa shape index (κ3) is 7.44. The molecule has 0 spiro atoms. The minimum Gasteiger partial charge on any atom is -0.493 e. The molecule has 9 heteroatoms. The van der Waals surface area contributed by atoms with Crippen molar-refractivity contribution in [2.75, 3.05) is 20.8 Å². The number of carbonyl (C=O) groups is 2. The first-order valence-corrected chi connectivity index (χ1v) is 16.6. The predicted molar refractivity (Wildman–Crippen MR) is 180 cm³/mol. The van der Waals surface area contributed by atoms with Crippen LogP contribution in [0.2, 0.25) is 0 Å². The Bertz CT molecular complexity index is 1580. The lowest BCUT2D eigenvalue weighted by molar-refractivity contribution is -0.384. The van der Waals surface area contributed by atoms with Gasteiger partial charge in [-0.3, -0.25) is 9.59 Å². The smallest absolute Gasteiger partial charge is 0.310 e. The maximum absolute atomic E-state index is 13.6. The maximum Gasteiger partial charge on any atom is 0.310 e. The summed E-state index contributed by atoms with van der Waals surface area (Å²) in [6.45, 7) is 11.6. The average Bonchev–Trinajstić information content (AvgIpc) is 3.18. The topological polar surface area (TPSA) is 121 Å². The van der Waals surface area contributed by atoms with Gasteiger partial charge in [-0.05, 0) is 73.4 Å². The van der Waals surface area contributed by atoms with Crippen LogP contribution in [0.3, 0.4) is 0 Å². The van der Waals surface area contributed by atoms with Crippen LogP contribution in [-0.2, 0) is 36.6 Å². The van der Waals surface area contributed by atoms with Gasteiger partial charge in [0.25, 0.3) is 5.97 Å². The van der Waals surface area contributed by atoms with Gasteiger partial charge in [0.1, 0.15) is 12.2 Å². The molecule has 1 fully saturated rings. The number of hydrogen-bond donors (Lipinski definition) is 2. The third-order valence-electron chi connectivity index (χ3n) is 10.0. The van der Waals surface area contributed by atoms with E-state index in [1.165, 1.54) is 7.11 Å². The van der Waals surface area contributed by atoms with Crippen LogP contribution in [0.1, 0.15) is 51.7 Å². The highest BCUT2D eigenvalue weighted by atomic mass is 16.8. The second-order valence-corrected chi connectivity index (χ2v) is 13.7. The molecule has 2 aliphatic carbocycles. The van der Waals surface area contributed by atoms with Crippen molar-refractivity contribution in [3.63, 3.8) is 0 Å². The molecule has 7 unspecified atom stereocenters. The van der Waals surface area contributed by atoms with Gasteiger partial charge in [0.05, 0.1) is 39.3 Å². The molecule has 8 atom stereocenters. The zero-order valence-electron chi connectivity index (χ0n) is 28.7. The molecule has 1 aliphatic heterocycles. The number of rotatable bonds is 9. The van der Waals surface area contributed by atoms with E-state index in [0.717, 1.165) is 11.1 Å². The summed E-state index contributed by atoms with van der Waals surface area (Å²) in [6, 6.07) is 14.7. The molecule has 0 amide bonds. The Hall–Kier alpha value is -3.76. The normalized spacial score (nSPS) is 31.9. The quantitative estimate of drug-likeness (QED) is 0.265. The van der Waals surface area contributed by atoms with Crippen molar-refractivity contribution >= 4 is 11.8 Å². The molecule has 48 heavy (non-hydrogen) atoms. The minimum atomic E-state index is -1.97. The minimum absolute atomic E-state index is 0.00509. The molecule has 2 N–H and O–H groups in total. The summed E-state index contributed by atoms with van der Waals surface area (Å²) in [5.41, 5.74) is 1.66. The fourth-order valence-electron chi connectivity index (χ4n) is 7.69. The second kappa shape index (κ2) is 14.4. The number of benzene rings is 2. The van der Waals surface area contributed by atoms with Gasteiger partial charge in [-0.15, -0.1) is 0 Å². The first-order chi connectivity index (χ1) is 22.8. The number of Topliss-reactive ketones (excluding diaryl/α,β-unsaturated/α-hetero) is 1. The number of esters is 1. The Morgan fingerprint density at radius 3 is 2.38 bits per heavy atom. The first kappa shape index (κ1) is 35.5. The van der Waals surface area contributed by atoms with Crippen molar-refractivity contribution < 1.29 is 43.5 Å². The van der Waals surface area contributed by atoms with E-state index in [9.17, 15) is 19.8 Å². The lowest BCUT2D eigenvalue weighted by Crippen LogP contribution is -2.48. The van der Waals surface area contributed by atoms with Gasteiger partial charge >= 0.3 is 5.97 Å². The summed E-state index contributed by atoms with van der Waals surface area (Å²) in [7, 11) is 3.07. The summed E-state index contributed by atoms with van der Waals surface area (Å²) in [5, 5.41) is 24.2. The van der Waals surface area contributed by atoms with Gasteiger partial charge in [-0.25, -0.2) is 0 Å². The molecule has 0 radical (unpaired) electrons. The summed E-state index contributed by atoms with van der Waals surface area (Å²) in [5.74, 6) is -2.97. The predicted octanol–water partition coefficient (Wildman–Crippen LogP) is 5.52. The highest BCUT2D eigenvalue weighted by Crippen LogP contribution is 2.51. The Labute approximate surface area is 283 Å². The number of methoxy groups -OCH3 is 2. The highest BCUT2D eigenvalue weighted by molar-refractivity contribution is 6.04. The molecular weight excluding hydrogens is 612 g/mol. The third-order valence-corrected chi connectivity index (χ3v) is 10.0. The zero-order valence-corrected chi connectivity index (χ0v) is 28.7. The largest absolute Gasteiger partial charge is 0.493 e. The molecule has 2 aromatic carbocycles. The van der Waals surface area contributed by atoms with E-state index >= 15 is 0 Å². The fourth-order valence-corrected chi connectivity index (χ4v) is 7.69. The fraction of sp³-hybridized carbons (Fsp3) is 0.487. The van der Waals surface area contributed by atoms with Crippen molar-refractivity contribution in [1.29, 1.82) is 0 Å². The van der Waals surface area contributed by atoms with E-state index in [1.54, 1.807) is 32.2 Å². The molecule has 2 aromatic rings. The monoisotopic (exact) mass is 660 g/mol. The lowest BCUT2D eigenvalue weighted by Gasteiger charge is -2.40. The van der Waals surface area contributed by atoms with E-state index < -0.39 is 35.7 Å². The second-order valence-electron chi connectivity index (χ2n) is 13.7. The molecular formula is C39H48O9. The Kier molecular flexibility index (Phi) is 10.7. The average molecular weight is 661 g/mol. The van der Waals surface area contributed by atoms with Crippen molar-refractivity contribution in [3.05, 3.63) is 95.1 Å². The SMILES string of the molecule is C=C(C)C1CC(C)C2C(C=C(COC(=O)Cc3ccc(OC)c(OC)c3)CC3(O)C(=O)C(C)=CC23)C(C)O[C@](O)(Cc2ccccc2)O1. The molecule has 0 saturated carbocycles. The summed E-state index contributed by atoms with van der Waals surface area (Å²) in [6.07, 6.45) is 3.28. The molecule has 5 rings (SSSR count). The number of aliphatic hydroxyl groups is 2. The molecule has 0 bridgehead atoms. The Morgan fingerprint density at radius 1 is 1.00 bits per heavy atom. The molecule has 0 aromatic heterocycles. The van der Waals surface area contributed by atoms with Crippen molar-refractivity contribution in [2.45, 2.75) is 77.2 Å². The van der Waals surface area contributed by atoms with Gasteiger partial charge in [0, 0.05) is 18.3 Å². The Morgan fingerprint density at radius 2 is 1.71 bits per heavy atom. The number of hydrogen-bond acceptors (Lipinski definition) is 9. The highest BCUT2D eigenvalue weighted by Gasteiger charge is 2.56. The Balaban J connectivity index is 1.48. The molecule has 258 valence electrons. The van der Waals surface area contributed by atoms with Crippen molar-refractivity contribution in [1.82, 2.24) is 0 Å². The lowest BCUT2D eigenvalue weighted by atomic mass is 9.67. The van der Waals surface area contributed by atoms with Gasteiger partial charge in [0.15, 0.2) is 17.3 Å². The van der Waals surface area contributed by atoms with E-state index in [1.807, 2.05) is 56.3 Å². The van der Waals surface area contributed by atoms with Gasteiger partial charge in [0.2, 0.25) is 0 Å². The van der Waals surface area contributed by atoms with Gasteiger partial charge in [-0.2, -0.15) is 0 Å². The van der Waals surface area contributed by atoms with Crippen LogP contribution in [0, 0.1) is 23.7 Å². The van der Waals surface area contributed by atoms with Crippen LogP contribution < -0.4 is 9.47 Å². The van der Waals surface area contributed by atoms with Crippen LogP contribution >= 0.6 is 0 Å². The summed E-state index contributed by atoms with van der Waals surface area (Å²) >= 11 is 0. The summed E-state index contributed by atoms with van der Waals surface area (Å²) < 4.78 is 29.3. The van der Waals surface area contributed by atoms with Gasteiger partial charge < -0.3 is 33.9 Å². The van der Waals surface area contributed by atoms with Crippen LogP contribution in [-0.4, -0.2) is 66.6 Å². The molecule has 1 heterocycles. The first-order valence-electron chi connectivity index (χ1n) is 16.6.